The number of thioether (sulfide) groups is 1. The molecule has 1 aliphatic heterocycles. The van der Waals surface area contributed by atoms with Crippen LogP contribution in [0, 0.1) is 6.92 Å². The van der Waals surface area contributed by atoms with Crippen molar-refractivity contribution in [2.45, 2.75) is 31.0 Å². The van der Waals surface area contributed by atoms with Crippen LogP contribution in [0.2, 0.25) is 0 Å². The molecule has 1 atom stereocenters. The third-order valence-electron chi connectivity index (χ3n) is 5.72. The van der Waals surface area contributed by atoms with Crippen molar-refractivity contribution in [3.05, 3.63) is 71.0 Å². The molecule has 8 heteroatoms. The van der Waals surface area contributed by atoms with Gasteiger partial charge in [0.2, 0.25) is 0 Å². The van der Waals surface area contributed by atoms with Crippen molar-refractivity contribution in [1.82, 2.24) is 19.7 Å². The molecule has 166 valence electrons. The highest BCUT2D eigenvalue weighted by Crippen LogP contribution is 2.33. The number of aromatic nitrogens is 3. The van der Waals surface area contributed by atoms with E-state index < -0.39 is 0 Å². The van der Waals surface area contributed by atoms with Gasteiger partial charge >= 0.3 is 0 Å². The minimum absolute atomic E-state index is 0.0132. The lowest BCUT2D eigenvalue weighted by Gasteiger charge is -2.24. The van der Waals surface area contributed by atoms with Gasteiger partial charge in [0.05, 0.1) is 18.9 Å². The Morgan fingerprint density at radius 3 is 2.44 bits per heavy atom. The number of amides is 1. The van der Waals surface area contributed by atoms with Crippen LogP contribution in [0.1, 0.15) is 51.0 Å². The normalized spacial score (nSPS) is 15.7. The molecule has 0 N–H and O–H groups in total. The number of aryl methyl sites for hydroxylation is 1. The molecule has 1 amide bonds. The Balaban J connectivity index is 1.45. The first-order chi connectivity index (χ1) is 15.5. The van der Waals surface area contributed by atoms with Gasteiger partial charge in [-0.2, -0.15) is 0 Å². The zero-order chi connectivity index (χ0) is 22.7. The van der Waals surface area contributed by atoms with Gasteiger partial charge in [-0.3, -0.25) is 9.59 Å². The standard InChI is InChI=1S/C24H26N4O3S/c1-16-6-8-18(9-7-16)23(30)28-14-4-5-20(28)22-25-26-24(27(22)2)32-15-21(29)17-10-12-19(31-3)13-11-17/h6-13,20H,4-5,14-15H2,1-3H3. The van der Waals surface area contributed by atoms with Crippen LogP contribution in [0.3, 0.4) is 0 Å². The van der Waals surface area contributed by atoms with E-state index in [0.717, 1.165) is 24.2 Å². The van der Waals surface area contributed by atoms with Gasteiger partial charge in [-0.1, -0.05) is 29.5 Å². The minimum atomic E-state index is -0.118. The van der Waals surface area contributed by atoms with Crippen LogP contribution >= 0.6 is 11.8 Å². The number of carbonyl (C=O) groups is 2. The van der Waals surface area contributed by atoms with Gasteiger partial charge in [0, 0.05) is 24.7 Å². The highest BCUT2D eigenvalue weighted by molar-refractivity contribution is 7.99. The second-order valence-electron chi connectivity index (χ2n) is 7.86. The SMILES string of the molecule is COc1ccc(C(=O)CSc2nnc(C3CCCN3C(=O)c3ccc(C)cc3)n2C)cc1. The summed E-state index contributed by atoms with van der Waals surface area (Å²) in [6, 6.07) is 14.6. The first-order valence-electron chi connectivity index (χ1n) is 10.5. The average Bonchev–Trinajstić information content (AvgIpc) is 3.44. The Hall–Kier alpha value is -3.13. The summed E-state index contributed by atoms with van der Waals surface area (Å²) in [5.41, 5.74) is 2.44. The summed E-state index contributed by atoms with van der Waals surface area (Å²) in [7, 11) is 3.49. The number of ketones is 1. The first kappa shape index (κ1) is 22.1. The molecule has 2 heterocycles. The Morgan fingerprint density at radius 1 is 1.06 bits per heavy atom. The zero-order valence-electron chi connectivity index (χ0n) is 18.4. The summed E-state index contributed by atoms with van der Waals surface area (Å²) >= 11 is 1.35. The molecule has 0 saturated carbocycles. The predicted molar refractivity (Wildman–Crippen MR) is 123 cm³/mol. The number of likely N-dealkylation sites (tertiary alicyclic amines) is 1. The molecular formula is C24H26N4O3S. The van der Waals surface area contributed by atoms with Crippen molar-refractivity contribution in [3.63, 3.8) is 0 Å². The maximum absolute atomic E-state index is 13.1. The van der Waals surface area contributed by atoms with E-state index in [1.165, 1.54) is 11.8 Å². The molecule has 1 fully saturated rings. The summed E-state index contributed by atoms with van der Waals surface area (Å²) in [5.74, 6) is 1.75. The number of Topliss-reactive ketones (excluding diaryl/α,β-unsaturated/α-hetero) is 1. The molecule has 0 radical (unpaired) electrons. The minimum Gasteiger partial charge on any atom is -0.497 e. The number of nitrogens with zero attached hydrogens (tertiary/aromatic N) is 4. The van der Waals surface area contributed by atoms with Crippen molar-refractivity contribution in [2.24, 2.45) is 7.05 Å². The molecule has 32 heavy (non-hydrogen) atoms. The third-order valence-corrected chi connectivity index (χ3v) is 6.74. The lowest BCUT2D eigenvalue weighted by atomic mass is 10.1. The number of carbonyl (C=O) groups excluding carboxylic acids is 2. The second-order valence-corrected chi connectivity index (χ2v) is 8.81. The molecule has 4 rings (SSSR count). The molecule has 0 aliphatic carbocycles. The molecule has 1 aliphatic rings. The Bertz CT molecular complexity index is 1110. The molecule has 3 aromatic rings. The van der Waals surface area contributed by atoms with Crippen LogP contribution in [0.4, 0.5) is 0 Å². The Morgan fingerprint density at radius 2 is 1.75 bits per heavy atom. The molecular weight excluding hydrogens is 424 g/mol. The monoisotopic (exact) mass is 450 g/mol. The summed E-state index contributed by atoms with van der Waals surface area (Å²) in [4.78, 5) is 27.5. The maximum atomic E-state index is 13.1. The molecule has 0 bridgehead atoms. The summed E-state index contributed by atoms with van der Waals surface area (Å²) < 4.78 is 7.04. The van der Waals surface area contributed by atoms with Crippen LogP contribution in [0.5, 0.6) is 5.75 Å². The van der Waals surface area contributed by atoms with Gasteiger partial charge in [-0.25, -0.2) is 0 Å². The number of hydrogen-bond donors (Lipinski definition) is 0. The van der Waals surface area contributed by atoms with Crippen molar-refractivity contribution < 1.29 is 14.3 Å². The van der Waals surface area contributed by atoms with Gasteiger partial charge in [0.15, 0.2) is 16.8 Å². The number of ether oxygens (including phenoxy) is 1. The molecule has 2 aromatic carbocycles. The summed E-state index contributed by atoms with van der Waals surface area (Å²) in [5, 5.41) is 9.34. The highest BCUT2D eigenvalue weighted by Gasteiger charge is 2.34. The van der Waals surface area contributed by atoms with E-state index in [-0.39, 0.29) is 23.5 Å². The molecule has 1 saturated heterocycles. The van der Waals surface area contributed by atoms with E-state index in [4.69, 9.17) is 4.74 Å². The number of benzene rings is 2. The van der Waals surface area contributed by atoms with Crippen LogP contribution < -0.4 is 4.74 Å². The van der Waals surface area contributed by atoms with Crippen molar-refractivity contribution in [1.29, 1.82) is 0 Å². The number of methoxy groups -OCH3 is 1. The average molecular weight is 451 g/mol. The Kier molecular flexibility index (Phi) is 6.60. The van der Waals surface area contributed by atoms with E-state index in [9.17, 15) is 9.59 Å². The van der Waals surface area contributed by atoms with Gasteiger partial charge in [-0.05, 0) is 56.2 Å². The highest BCUT2D eigenvalue weighted by atomic mass is 32.2. The van der Waals surface area contributed by atoms with Gasteiger partial charge < -0.3 is 14.2 Å². The van der Waals surface area contributed by atoms with E-state index >= 15 is 0 Å². The van der Waals surface area contributed by atoms with Crippen LogP contribution in [-0.2, 0) is 7.05 Å². The fourth-order valence-electron chi connectivity index (χ4n) is 3.87. The number of hydrogen-bond acceptors (Lipinski definition) is 6. The maximum Gasteiger partial charge on any atom is 0.254 e. The zero-order valence-corrected chi connectivity index (χ0v) is 19.3. The number of rotatable bonds is 7. The van der Waals surface area contributed by atoms with Gasteiger partial charge in [-0.15, -0.1) is 10.2 Å². The quantitative estimate of drug-likeness (QED) is 0.399. The molecule has 0 spiro atoms. The van der Waals surface area contributed by atoms with Crippen LogP contribution in [-0.4, -0.2) is 50.8 Å². The van der Waals surface area contributed by atoms with Gasteiger partial charge in [0.1, 0.15) is 5.75 Å². The van der Waals surface area contributed by atoms with Gasteiger partial charge in [0.25, 0.3) is 5.91 Å². The van der Waals surface area contributed by atoms with E-state index in [1.54, 1.807) is 31.4 Å². The van der Waals surface area contributed by atoms with Crippen molar-refractivity contribution in [2.75, 3.05) is 19.4 Å². The smallest absolute Gasteiger partial charge is 0.254 e. The second kappa shape index (κ2) is 9.56. The largest absolute Gasteiger partial charge is 0.497 e. The molecule has 1 aromatic heterocycles. The van der Waals surface area contributed by atoms with E-state index in [2.05, 4.69) is 10.2 Å². The lowest BCUT2D eigenvalue weighted by molar-refractivity contribution is 0.0727. The third kappa shape index (κ3) is 4.55. The lowest BCUT2D eigenvalue weighted by Crippen LogP contribution is -2.31. The van der Waals surface area contributed by atoms with Crippen molar-refractivity contribution >= 4 is 23.5 Å². The fourth-order valence-corrected chi connectivity index (χ4v) is 4.69. The van der Waals surface area contributed by atoms with Crippen molar-refractivity contribution in [3.8, 4) is 5.75 Å². The first-order valence-corrected chi connectivity index (χ1v) is 11.5. The fraction of sp³-hybridized carbons (Fsp3) is 0.333. The Labute approximate surface area is 191 Å². The van der Waals surface area contributed by atoms with Crippen LogP contribution in [0.25, 0.3) is 0 Å². The summed E-state index contributed by atoms with van der Waals surface area (Å²) in [6.07, 6.45) is 1.77. The van der Waals surface area contributed by atoms with Crippen LogP contribution in [0.15, 0.2) is 53.7 Å². The molecule has 7 nitrogen and oxygen atoms in total. The van der Waals surface area contributed by atoms with E-state index in [0.29, 0.717) is 28.6 Å². The predicted octanol–water partition coefficient (Wildman–Crippen LogP) is 4.08. The summed E-state index contributed by atoms with van der Waals surface area (Å²) in [6.45, 7) is 2.70. The molecule has 1 unspecified atom stereocenters. The topological polar surface area (TPSA) is 77.3 Å². The van der Waals surface area contributed by atoms with E-state index in [1.807, 2.05) is 47.7 Å².